The molecule has 0 bridgehead atoms. The van der Waals surface area contributed by atoms with E-state index < -0.39 is 0 Å². The van der Waals surface area contributed by atoms with E-state index in [-0.39, 0.29) is 0 Å². The van der Waals surface area contributed by atoms with Crippen LogP contribution in [0.25, 0.3) is 0 Å². The van der Waals surface area contributed by atoms with Crippen LogP contribution in [0.5, 0.6) is 0 Å². The number of thiazole rings is 1. The van der Waals surface area contributed by atoms with Gasteiger partial charge in [-0.1, -0.05) is 0 Å². The molecule has 1 aliphatic rings. The number of hydrogen-bond acceptors (Lipinski definition) is 5. The molecule has 0 amide bonds. The van der Waals surface area contributed by atoms with Crippen molar-refractivity contribution in [2.45, 2.75) is 52.5 Å². The average molecular weight is 302 g/mol. The van der Waals surface area contributed by atoms with E-state index in [1.165, 1.54) is 18.4 Å². The van der Waals surface area contributed by atoms with Gasteiger partial charge in [-0.15, -0.1) is 11.3 Å². The van der Waals surface area contributed by atoms with Crippen molar-refractivity contribution in [3.63, 3.8) is 0 Å². The molecule has 1 fully saturated rings. The molecule has 2 aromatic rings. The maximum absolute atomic E-state index is 4.68. The predicted octanol–water partition coefficient (Wildman–Crippen LogP) is 2.74. The molecule has 5 heteroatoms. The van der Waals surface area contributed by atoms with Gasteiger partial charge in [-0.25, -0.2) is 15.0 Å². The van der Waals surface area contributed by atoms with Crippen LogP contribution >= 0.6 is 11.3 Å². The normalized spacial score (nSPS) is 14.6. The molecule has 0 radical (unpaired) electrons. The first-order valence-electron chi connectivity index (χ1n) is 7.59. The van der Waals surface area contributed by atoms with Gasteiger partial charge in [0.15, 0.2) is 0 Å². The van der Waals surface area contributed by atoms with Gasteiger partial charge in [-0.05, 0) is 52.1 Å². The highest BCUT2D eigenvalue weighted by atomic mass is 32.1. The Labute approximate surface area is 130 Å². The number of nitrogens with one attached hydrogen (secondary N) is 1. The van der Waals surface area contributed by atoms with E-state index in [1.54, 1.807) is 11.3 Å². The van der Waals surface area contributed by atoms with Crippen LogP contribution in [-0.2, 0) is 12.8 Å². The van der Waals surface area contributed by atoms with Crippen LogP contribution < -0.4 is 5.32 Å². The summed E-state index contributed by atoms with van der Waals surface area (Å²) in [6.07, 6.45) is 4.41. The molecule has 3 rings (SSSR count). The molecule has 0 aliphatic heterocycles. The van der Waals surface area contributed by atoms with Gasteiger partial charge in [0.25, 0.3) is 0 Å². The van der Waals surface area contributed by atoms with Crippen LogP contribution in [0.15, 0.2) is 5.38 Å². The molecule has 1 saturated carbocycles. The Hall–Kier alpha value is -1.33. The molecule has 112 valence electrons. The Kier molecular flexibility index (Phi) is 4.31. The molecule has 2 aromatic heterocycles. The molecule has 4 nitrogen and oxygen atoms in total. The third-order valence-corrected chi connectivity index (χ3v) is 4.68. The summed E-state index contributed by atoms with van der Waals surface area (Å²) < 4.78 is 0. The van der Waals surface area contributed by atoms with Crippen LogP contribution in [0.1, 0.15) is 46.3 Å². The van der Waals surface area contributed by atoms with Crippen molar-refractivity contribution in [2.75, 3.05) is 6.54 Å². The van der Waals surface area contributed by atoms with Gasteiger partial charge >= 0.3 is 0 Å². The van der Waals surface area contributed by atoms with Crippen molar-refractivity contribution in [1.82, 2.24) is 20.3 Å². The van der Waals surface area contributed by atoms with Gasteiger partial charge in [0.2, 0.25) is 0 Å². The van der Waals surface area contributed by atoms with E-state index in [0.717, 1.165) is 53.3 Å². The Balaban J connectivity index is 1.68. The van der Waals surface area contributed by atoms with Crippen molar-refractivity contribution >= 4 is 11.3 Å². The summed E-state index contributed by atoms with van der Waals surface area (Å²) in [5.74, 6) is 0.884. The van der Waals surface area contributed by atoms with E-state index in [1.807, 2.05) is 6.92 Å². The molecule has 2 heterocycles. The number of aryl methyl sites for hydroxylation is 3. The molecule has 1 N–H and O–H groups in total. The molecule has 0 saturated heterocycles. The zero-order chi connectivity index (χ0) is 14.8. The third kappa shape index (κ3) is 3.86. The molecule has 21 heavy (non-hydrogen) atoms. The monoisotopic (exact) mass is 302 g/mol. The largest absolute Gasteiger partial charge is 0.314 e. The third-order valence-electron chi connectivity index (χ3n) is 3.86. The standard InChI is InChI=1S/C16H22N4S/c1-10-15(6-7-17-13-4-5-13)11(2)19-16(18-10)8-14-9-21-12(3)20-14/h9,13,17H,4-8H2,1-3H3. The molecular weight excluding hydrogens is 280 g/mol. The van der Waals surface area contributed by atoms with Crippen molar-refractivity contribution in [3.05, 3.63) is 38.9 Å². The zero-order valence-electron chi connectivity index (χ0n) is 12.9. The molecule has 1 aliphatic carbocycles. The van der Waals surface area contributed by atoms with E-state index in [4.69, 9.17) is 0 Å². The molecule has 0 unspecified atom stereocenters. The minimum Gasteiger partial charge on any atom is -0.314 e. The van der Waals surface area contributed by atoms with Crippen LogP contribution in [0.3, 0.4) is 0 Å². The fourth-order valence-electron chi connectivity index (χ4n) is 2.59. The van der Waals surface area contributed by atoms with Crippen LogP contribution in [0.4, 0.5) is 0 Å². The summed E-state index contributed by atoms with van der Waals surface area (Å²) in [4.78, 5) is 13.8. The zero-order valence-corrected chi connectivity index (χ0v) is 13.8. The van der Waals surface area contributed by atoms with Gasteiger partial charge in [-0.2, -0.15) is 0 Å². The summed E-state index contributed by atoms with van der Waals surface area (Å²) in [7, 11) is 0. The van der Waals surface area contributed by atoms with E-state index in [9.17, 15) is 0 Å². The van der Waals surface area contributed by atoms with Gasteiger partial charge in [0, 0.05) is 22.8 Å². The minimum absolute atomic E-state index is 0.729. The Morgan fingerprint density at radius 2 is 1.86 bits per heavy atom. The number of rotatable bonds is 6. The van der Waals surface area contributed by atoms with Crippen molar-refractivity contribution in [3.8, 4) is 0 Å². The summed E-state index contributed by atoms with van der Waals surface area (Å²) in [6, 6.07) is 0.763. The lowest BCUT2D eigenvalue weighted by molar-refractivity contribution is 0.674. The summed E-state index contributed by atoms with van der Waals surface area (Å²) in [5, 5.41) is 6.74. The molecule has 0 aromatic carbocycles. The second-order valence-corrected chi connectivity index (χ2v) is 6.86. The number of nitrogens with zero attached hydrogens (tertiary/aromatic N) is 3. The molecule has 0 spiro atoms. The van der Waals surface area contributed by atoms with E-state index in [2.05, 4.69) is 39.5 Å². The summed E-state index contributed by atoms with van der Waals surface area (Å²) in [5.41, 5.74) is 4.59. The van der Waals surface area contributed by atoms with E-state index in [0.29, 0.717) is 0 Å². The molecule has 0 atom stereocenters. The van der Waals surface area contributed by atoms with Gasteiger partial charge in [-0.3, -0.25) is 0 Å². The Morgan fingerprint density at radius 3 is 2.43 bits per heavy atom. The van der Waals surface area contributed by atoms with Gasteiger partial charge in [0.1, 0.15) is 5.82 Å². The second-order valence-electron chi connectivity index (χ2n) is 5.80. The van der Waals surface area contributed by atoms with Crippen molar-refractivity contribution in [2.24, 2.45) is 0 Å². The maximum Gasteiger partial charge on any atom is 0.134 e. The first-order valence-corrected chi connectivity index (χ1v) is 8.47. The predicted molar refractivity (Wildman–Crippen MR) is 85.9 cm³/mol. The fraction of sp³-hybridized carbons (Fsp3) is 0.562. The van der Waals surface area contributed by atoms with E-state index >= 15 is 0 Å². The van der Waals surface area contributed by atoms with Crippen LogP contribution in [0, 0.1) is 20.8 Å². The highest BCUT2D eigenvalue weighted by Crippen LogP contribution is 2.19. The quantitative estimate of drug-likeness (QED) is 0.891. The average Bonchev–Trinajstić information content (AvgIpc) is 3.16. The Morgan fingerprint density at radius 1 is 1.14 bits per heavy atom. The second kappa shape index (κ2) is 6.20. The maximum atomic E-state index is 4.68. The van der Waals surface area contributed by atoms with Gasteiger partial charge < -0.3 is 5.32 Å². The topological polar surface area (TPSA) is 50.7 Å². The number of hydrogen-bond donors (Lipinski definition) is 1. The summed E-state index contributed by atoms with van der Waals surface area (Å²) >= 11 is 1.68. The van der Waals surface area contributed by atoms with Gasteiger partial charge in [0.05, 0.1) is 17.1 Å². The van der Waals surface area contributed by atoms with Crippen molar-refractivity contribution in [1.29, 1.82) is 0 Å². The fourth-order valence-corrected chi connectivity index (χ4v) is 3.20. The Bertz CT molecular complexity index is 608. The SMILES string of the molecule is Cc1nc(Cc2nc(C)c(CCNC3CC3)c(C)n2)cs1. The van der Waals surface area contributed by atoms with Crippen LogP contribution in [0.2, 0.25) is 0 Å². The molecular formula is C16H22N4S. The highest BCUT2D eigenvalue weighted by Gasteiger charge is 2.20. The first-order chi connectivity index (χ1) is 10.1. The lowest BCUT2D eigenvalue weighted by Crippen LogP contribution is -2.20. The van der Waals surface area contributed by atoms with Crippen molar-refractivity contribution < 1.29 is 0 Å². The first kappa shape index (κ1) is 14.6. The number of aromatic nitrogens is 3. The highest BCUT2D eigenvalue weighted by molar-refractivity contribution is 7.09. The minimum atomic E-state index is 0.729. The summed E-state index contributed by atoms with van der Waals surface area (Å²) in [6.45, 7) is 7.25. The van der Waals surface area contributed by atoms with Crippen LogP contribution in [-0.4, -0.2) is 27.5 Å². The lowest BCUT2D eigenvalue weighted by atomic mass is 10.1. The lowest BCUT2D eigenvalue weighted by Gasteiger charge is -2.11. The smallest absolute Gasteiger partial charge is 0.134 e.